The number of fused-ring (bicyclic) bond motifs is 1. The summed E-state index contributed by atoms with van der Waals surface area (Å²) in [6, 6.07) is 14.6. The van der Waals surface area contributed by atoms with Crippen molar-refractivity contribution < 1.29 is 14.3 Å². The highest BCUT2D eigenvalue weighted by Crippen LogP contribution is 2.16. The van der Waals surface area contributed by atoms with Crippen molar-refractivity contribution in [2.45, 2.75) is 46.4 Å². The monoisotopic (exact) mass is 394 g/mol. The van der Waals surface area contributed by atoms with Gasteiger partial charge in [-0.15, -0.1) is 0 Å². The molecule has 29 heavy (non-hydrogen) atoms. The second-order valence-electron chi connectivity index (χ2n) is 7.65. The Morgan fingerprint density at radius 3 is 2.41 bits per heavy atom. The highest BCUT2D eigenvalue weighted by molar-refractivity contribution is 5.95. The quantitative estimate of drug-likeness (QED) is 0.674. The van der Waals surface area contributed by atoms with Crippen molar-refractivity contribution in [1.82, 2.24) is 14.9 Å². The molecule has 0 aliphatic carbocycles. The highest BCUT2D eigenvalue weighted by Gasteiger charge is 2.16. The SMILES string of the molecule is CCn1c(CNC(=O)c2ccc(NC(=O)OC(C)(C)C)cc2)nc2ccccc21. The molecule has 0 saturated heterocycles. The van der Waals surface area contributed by atoms with Gasteiger partial charge >= 0.3 is 6.09 Å². The molecule has 0 aliphatic rings. The summed E-state index contributed by atoms with van der Waals surface area (Å²) in [7, 11) is 0. The summed E-state index contributed by atoms with van der Waals surface area (Å²) in [6.45, 7) is 8.55. The van der Waals surface area contributed by atoms with Crippen molar-refractivity contribution in [3.05, 3.63) is 59.9 Å². The zero-order valence-corrected chi connectivity index (χ0v) is 17.2. The summed E-state index contributed by atoms with van der Waals surface area (Å²) in [5.74, 6) is 0.605. The van der Waals surface area contributed by atoms with Gasteiger partial charge in [-0.1, -0.05) is 12.1 Å². The molecular formula is C22H26N4O3. The van der Waals surface area contributed by atoms with E-state index in [2.05, 4.69) is 27.1 Å². The summed E-state index contributed by atoms with van der Waals surface area (Å²) in [5, 5.41) is 5.55. The molecule has 2 amide bonds. The number of aryl methyl sites for hydroxylation is 1. The predicted molar refractivity (Wildman–Crippen MR) is 113 cm³/mol. The average molecular weight is 394 g/mol. The Kier molecular flexibility index (Phi) is 5.87. The van der Waals surface area contributed by atoms with Gasteiger partial charge in [0.2, 0.25) is 0 Å². The number of rotatable bonds is 5. The molecule has 1 heterocycles. The lowest BCUT2D eigenvalue weighted by molar-refractivity contribution is 0.0635. The van der Waals surface area contributed by atoms with E-state index in [0.29, 0.717) is 17.8 Å². The second-order valence-corrected chi connectivity index (χ2v) is 7.65. The zero-order chi connectivity index (χ0) is 21.0. The second kappa shape index (κ2) is 8.34. The Labute approximate surface area is 170 Å². The Hall–Kier alpha value is -3.35. The standard InChI is InChI=1S/C22H26N4O3/c1-5-26-18-9-7-6-8-17(18)25-19(26)14-23-20(27)15-10-12-16(13-11-15)24-21(28)29-22(2,3)4/h6-13H,5,14H2,1-4H3,(H,23,27)(H,24,28). The summed E-state index contributed by atoms with van der Waals surface area (Å²) in [6.07, 6.45) is -0.534. The number of carbonyl (C=O) groups excluding carboxylic acids is 2. The fourth-order valence-electron chi connectivity index (χ4n) is 3.00. The van der Waals surface area contributed by atoms with Crippen LogP contribution in [0.2, 0.25) is 0 Å². The molecule has 1 aromatic heterocycles. The van der Waals surface area contributed by atoms with Gasteiger partial charge in [-0.05, 0) is 64.1 Å². The number of hydrogen-bond acceptors (Lipinski definition) is 4. The van der Waals surface area contributed by atoms with Crippen molar-refractivity contribution in [1.29, 1.82) is 0 Å². The molecule has 2 N–H and O–H groups in total. The number of imidazole rings is 1. The molecule has 2 aromatic carbocycles. The van der Waals surface area contributed by atoms with Crippen molar-refractivity contribution in [2.24, 2.45) is 0 Å². The van der Waals surface area contributed by atoms with Crippen LogP contribution in [0.1, 0.15) is 43.9 Å². The molecule has 0 radical (unpaired) electrons. The first kappa shape index (κ1) is 20.4. The van der Waals surface area contributed by atoms with Crippen LogP contribution >= 0.6 is 0 Å². The molecule has 0 aliphatic heterocycles. The van der Waals surface area contributed by atoms with Gasteiger partial charge in [-0.3, -0.25) is 10.1 Å². The Bertz CT molecular complexity index is 1020. The third kappa shape index (κ3) is 5.13. The predicted octanol–water partition coefficient (Wildman–Crippen LogP) is 4.33. The molecule has 7 nitrogen and oxygen atoms in total. The van der Waals surface area contributed by atoms with Gasteiger partial charge in [-0.2, -0.15) is 0 Å². The molecule has 0 atom stereocenters. The van der Waals surface area contributed by atoms with E-state index < -0.39 is 11.7 Å². The van der Waals surface area contributed by atoms with Crippen molar-refractivity contribution >= 4 is 28.7 Å². The normalized spacial score (nSPS) is 11.3. The van der Waals surface area contributed by atoms with Crippen LogP contribution in [-0.4, -0.2) is 27.2 Å². The average Bonchev–Trinajstić information content (AvgIpc) is 3.02. The van der Waals surface area contributed by atoms with E-state index in [1.165, 1.54) is 0 Å². The van der Waals surface area contributed by atoms with Crippen LogP contribution in [0.15, 0.2) is 48.5 Å². The minimum Gasteiger partial charge on any atom is -0.444 e. The van der Waals surface area contributed by atoms with E-state index in [0.717, 1.165) is 23.4 Å². The fraction of sp³-hybridized carbons (Fsp3) is 0.318. The van der Waals surface area contributed by atoms with Crippen LogP contribution in [0.25, 0.3) is 11.0 Å². The Balaban J connectivity index is 1.62. The Morgan fingerprint density at radius 1 is 1.07 bits per heavy atom. The largest absolute Gasteiger partial charge is 0.444 e. The first-order chi connectivity index (χ1) is 13.8. The molecular weight excluding hydrogens is 368 g/mol. The molecule has 7 heteroatoms. The van der Waals surface area contributed by atoms with E-state index in [1.54, 1.807) is 45.0 Å². The lowest BCUT2D eigenvalue weighted by atomic mass is 10.2. The first-order valence-electron chi connectivity index (χ1n) is 9.59. The number of hydrogen-bond donors (Lipinski definition) is 2. The number of para-hydroxylation sites is 2. The van der Waals surface area contributed by atoms with Gasteiger partial charge < -0.3 is 14.6 Å². The third-order valence-corrected chi connectivity index (χ3v) is 4.25. The number of nitrogens with zero attached hydrogens (tertiary/aromatic N) is 2. The van der Waals surface area contributed by atoms with Gasteiger partial charge in [0.05, 0.1) is 17.6 Å². The Morgan fingerprint density at radius 2 is 1.76 bits per heavy atom. The molecule has 0 spiro atoms. The number of ether oxygens (including phenoxy) is 1. The van der Waals surface area contributed by atoms with E-state index in [-0.39, 0.29) is 5.91 Å². The number of aromatic nitrogens is 2. The first-order valence-corrected chi connectivity index (χ1v) is 9.59. The van der Waals surface area contributed by atoms with Gasteiger partial charge in [0, 0.05) is 17.8 Å². The van der Waals surface area contributed by atoms with Crippen LogP contribution in [0.3, 0.4) is 0 Å². The molecule has 3 aromatic rings. The molecule has 152 valence electrons. The number of nitrogens with one attached hydrogen (secondary N) is 2. The number of anilines is 1. The number of benzene rings is 2. The minimum atomic E-state index is -0.571. The summed E-state index contributed by atoms with van der Waals surface area (Å²) < 4.78 is 7.30. The van der Waals surface area contributed by atoms with Crippen LogP contribution in [0.4, 0.5) is 10.5 Å². The lowest BCUT2D eigenvalue weighted by Crippen LogP contribution is -2.27. The smallest absolute Gasteiger partial charge is 0.412 e. The topological polar surface area (TPSA) is 85.2 Å². The fourth-order valence-corrected chi connectivity index (χ4v) is 3.00. The molecule has 3 rings (SSSR count). The maximum Gasteiger partial charge on any atom is 0.412 e. The van der Waals surface area contributed by atoms with Gasteiger partial charge in [0.1, 0.15) is 11.4 Å². The molecule has 0 fully saturated rings. The van der Waals surface area contributed by atoms with Gasteiger partial charge in [0.15, 0.2) is 0 Å². The molecule has 0 saturated carbocycles. The van der Waals surface area contributed by atoms with Crippen LogP contribution in [0.5, 0.6) is 0 Å². The van der Waals surface area contributed by atoms with Gasteiger partial charge in [0.25, 0.3) is 5.91 Å². The maximum absolute atomic E-state index is 12.5. The zero-order valence-electron chi connectivity index (χ0n) is 17.2. The van der Waals surface area contributed by atoms with Crippen molar-refractivity contribution in [3.8, 4) is 0 Å². The summed E-state index contributed by atoms with van der Waals surface area (Å²) >= 11 is 0. The van der Waals surface area contributed by atoms with E-state index in [9.17, 15) is 9.59 Å². The summed E-state index contributed by atoms with van der Waals surface area (Å²) in [4.78, 5) is 28.9. The highest BCUT2D eigenvalue weighted by atomic mass is 16.6. The third-order valence-electron chi connectivity index (χ3n) is 4.25. The van der Waals surface area contributed by atoms with E-state index in [4.69, 9.17) is 4.74 Å². The van der Waals surface area contributed by atoms with Crippen molar-refractivity contribution in [3.63, 3.8) is 0 Å². The lowest BCUT2D eigenvalue weighted by Gasteiger charge is -2.19. The number of carbonyl (C=O) groups is 2. The maximum atomic E-state index is 12.5. The van der Waals surface area contributed by atoms with Crippen molar-refractivity contribution in [2.75, 3.05) is 5.32 Å². The summed E-state index contributed by atoms with van der Waals surface area (Å²) in [5.41, 5.74) is 2.45. The van der Waals surface area contributed by atoms with E-state index >= 15 is 0 Å². The minimum absolute atomic E-state index is 0.205. The molecule has 0 bridgehead atoms. The van der Waals surface area contributed by atoms with Gasteiger partial charge in [-0.25, -0.2) is 9.78 Å². The van der Waals surface area contributed by atoms with E-state index in [1.807, 2.05) is 24.3 Å². The molecule has 0 unspecified atom stereocenters. The van der Waals surface area contributed by atoms with Crippen LogP contribution in [0, 0.1) is 0 Å². The number of amides is 2. The van der Waals surface area contributed by atoms with Crippen LogP contribution < -0.4 is 10.6 Å². The van der Waals surface area contributed by atoms with Crippen LogP contribution in [-0.2, 0) is 17.8 Å².